The maximum Gasteiger partial charge on any atom is 0.175 e. The van der Waals surface area contributed by atoms with Gasteiger partial charge in [0, 0.05) is 18.8 Å². The van der Waals surface area contributed by atoms with Gasteiger partial charge in [-0.3, -0.25) is 0 Å². The third-order valence-electron chi connectivity index (χ3n) is 2.91. The molecule has 0 bridgehead atoms. The van der Waals surface area contributed by atoms with Gasteiger partial charge < -0.3 is 10.1 Å². The van der Waals surface area contributed by atoms with E-state index in [2.05, 4.69) is 11.9 Å². The first-order valence-electron chi connectivity index (χ1n) is 6.28. The lowest BCUT2D eigenvalue weighted by atomic mass is 10.3. The molecule has 1 N–H and O–H groups in total. The van der Waals surface area contributed by atoms with E-state index in [4.69, 9.17) is 4.74 Å². The van der Waals surface area contributed by atoms with Crippen molar-refractivity contribution in [2.24, 2.45) is 0 Å². The number of hydrogen-bond donors (Lipinski definition) is 1. The molecule has 0 saturated heterocycles. The van der Waals surface area contributed by atoms with E-state index in [-0.39, 0.29) is 0 Å². The lowest BCUT2D eigenvalue weighted by Crippen LogP contribution is -2.21. The Bertz CT molecular complexity index is 545. The van der Waals surface area contributed by atoms with E-state index in [1.54, 1.807) is 24.3 Å². The lowest BCUT2D eigenvalue weighted by molar-refractivity contribution is 0.348. The molecular weight excluding hydrogens is 262 g/mol. The van der Waals surface area contributed by atoms with E-state index < -0.39 is 9.84 Å². The first kappa shape index (κ1) is 14.1. The van der Waals surface area contributed by atoms with Crippen LogP contribution in [0.5, 0.6) is 5.75 Å². The molecule has 1 aromatic rings. The van der Waals surface area contributed by atoms with Crippen LogP contribution < -0.4 is 10.1 Å². The number of rotatable bonds is 7. The van der Waals surface area contributed by atoms with Crippen molar-refractivity contribution in [3.63, 3.8) is 0 Å². The van der Waals surface area contributed by atoms with Crippen molar-refractivity contribution in [1.29, 1.82) is 0 Å². The highest BCUT2D eigenvalue weighted by atomic mass is 32.2. The van der Waals surface area contributed by atoms with Crippen LogP contribution in [0.1, 0.15) is 12.8 Å². The molecule has 0 amide bonds. The molecule has 4 nitrogen and oxygen atoms in total. The van der Waals surface area contributed by atoms with Gasteiger partial charge in [0.2, 0.25) is 0 Å². The van der Waals surface area contributed by atoms with Gasteiger partial charge in [-0.25, -0.2) is 8.42 Å². The summed E-state index contributed by atoms with van der Waals surface area (Å²) in [5.74, 6) is 0.653. The highest BCUT2D eigenvalue weighted by molar-refractivity contribution is 7.90. The predicted octanol–water partition coefficient (Wildman–Crippen LogP) is 1.78. The molecule has 0 heterocycles. The number of benzene rings is 1. The standard InChI is InChI=1S/C14H19NO3S/c1-11(9-15-12-3-4-12)10-18-13-5-7-14(8-6-13)19(2,16)17/h5-8,12,15H,1,3-4,9-10H2,2H3. The predicted molar refractivity (Wildman–Crippen MR) is 75.2 cm³/mol. The van der Waals surface area contributed by atoms with Gasteiger partial charge in [0.05, 0.1) is 4.90 Å². The Balaban J connectivity index is 1.80. The van der Waals surface area contributed by atoms with Crippen molar-refractivity contribution in [3.05, 3.63) is 36.4 Å². The van der Waals surface area contributed by atoms with Gasteiger partial charge in [-0.2, -0.15) is 0 Å². The molecule has 19 heavy (non-hydrogen) atoms. The summed E-state index contributed by atoms with van der Waals surface area (Å²) < 4.78 is 28.2. The largest absolute Gasteiger partial charge is 0.489 e. The second-order valence-corrected chi connectivity index (χ2v) is 6.95. The van der Waals surface area contributed by atoms with E-state index in [0.717, 1.165) is 12.1 Å². The van der Waals surface area contributed by atoms with Crippen LogP contribution in [0.3, 0.4) is 0 Å². The van der Waals surface area contributed by atoms with Crippen molar-refractivity contribution >= 4 is 9.84 Å². The van der Waals surface area contributed by atoms with Crippen LogP contribution in [0.15, 0.2) is 41.3 Å². The zero-order valence-corrected chi connectivity index (χ0v) is 11.9. The van der Waals surface area contributed by atoms with Crippen LogP contribution in [0.4, 0.5) is 0 Å². The summed E-state index contributed by atoms with van der Waals surface area (Å²) in [7, 11) is -3.15. The Morgan fingerprint density at radius 3 is 2.53 bits per heavy atom. The van der Waals surface area contributed by atoms with Gasteiger partial charge in [0.25, 0.3) is 0 Å². The number of sulfone groups is 1. The number of nitrogens with one attached hydrogen (secondary N) is 1. The minimum atomic E-state index is -3.15. The summed E-state index contributed by atoms with van der Waals surface area (Å²) in [4.78, 5) is 0.300. The van der Waals surface area contributed by atoms with Crippen molar-refractivity contribution in [1.82, 2.24) is 5.32 Å². The Hall–Kier alpha value is -1.33. The third kappa shape index (κ3) is 4.69. The third-order valence-corrected chi connectivity index (χ3v) is 4.04. The van der Waals surface area contributed by atoms with Crippen molar-refractivity contribution in [3.8, 4) is 5.75 Å². The molecule has 0 radical (unpaired) electrons. The molecule has 0 aliphatic heterocycles. The van der Waals surface area contributed by atoms with Gasteiger partial charge in [0.1, 0.15) is 12.4 Å². The highest BCUT2D eigenvalue weighted by Gasteiger charge is 2.20. The fourth-order valence-electron chi connectivity index (χ4n) is 1.60. The molecule has 5 heteroatoms. The topological polar surface area (TPSA) is 55.4 Å². The Morgan fingerprint density at radius 2 is 2.00 bits per heavy atom. The van der Waals surface area contributed by atoms with Crippen LogP contribution in [0.2, 0.25) is 0 Å². The average molecular weight is 281 g/mol. The van der Waals surface area contributed by atoms with Gasteiger partial charge in [0.15, 0.2) is 9.84 Å². The molecule has 0 atom stereocenters. The van der Waals surface area contributed by atoms with Gasteiger partial charge in [-0.15, -0.1) is 0 Å². The van der Waals surface area contributed by atoms with Crippen molar-refractivity contribution < 1.29 is 13.2 Å². The molecule has 104 valence electrons. The van der Waals surface area contributed by atoms with Crippen LogP contribution in [-0.2, 0) is 9.84 Å². The quantitative estimate of drug-likeness (QED) is 0.774. The fourth-order valence-corrected chi connectivity index (χ4v) is 2.23. The average Bonchev–Trinajstić information content (AvgIpc) is 3.17. The van der Waals surface area contributed by atoms with Crippen molar-refractivity contribution in [2.75, 3.05) is 19.4 Å². The van der Waals surface area contributed by atoms with Crippen LogP contribution >= 0.6 is 0 Å². The molecular formula is C14H19NO3S. The van der Waals surface area contributed by atoms with E-state index >= 15 is 0 Å². The molecule has 1 saturated carbocycles. The van der Waals surface area contributed by atoms with Crippen LogP contribution in [-0.4, -0.2) is 33.9 Å². The summed E-state index contributed by atoms with van der Waals surface area (Å²) in [5.41, 5.74) is 0.985. The summed E-state index contributed by atoms with van der Waals surface area (Å²) in [6, 6.07) is 7.09. The molecule has 1 aliphatic rings. The molecule has 1 fully saturated rings. The Morgan fingerprint density at radius 1 is 1.37 bits per heavy atom. The Kier molecular flexibility index (Phi) is 4.27. The Labute approximate surface area is 114 Å². The second kappa shape index (κ2) is 5.75. The van der Waals surface area contributed by atoms with E-state index in [1.807, 2.05) is 0 Å². The first-order valence-corrected chi connectivity index (χ1v) is 8.17. The van der Waals surface area contributed by atoms with E-state index in [0.29, 0.717) is 23.3 Å². The van der Waals surface area contributed by atoms with Gasteiger partial charge >= 0.3 is 0 Å². The van der Waals surface area contributed by atoms with Crippen molar-refractivity contribution in [2.45, 2.75) is 23.8 Å². The minimum Gasteiger partial charge on any atom is -0.489 e. The summed E-state index contributed by atoms with van der Waals surface area (Å²) in [6.45, 7) is 5.16. The van der Waals surface area contributed by atoms with E-state index in [9.17, 15) is 8.42 Å². The van der Waals surface area contributed by atoms with E-state index in [1.165, 1.54) is 19.1 Å². The normalized spacial score (nSPS) is 15.2. The van der Waals surface area contributed by atoms with Crippen LogP contribution in [0, 0.1) is 0 Å². The minimum absolute atomic E-state index is 0.300. The smallest absolute Gasteiger partial charge is 0.175 e. The molecule has 2 rings (SSSR count). The number of ether oxygens (including phenoxy) is 1. The highest BCUT2D eigenvalue weighted by Crippen LogP contribution is 2.19. The first-order chi connectivity index (χ1) is 8.95. The van der Waals surface area contributed by atoms with Gasteiger partial charge in [-0.05, 0) is 42.7 Å². The fraction of sp³-hybridized carbons (Fsp3) is 0.429. The molecule has 0 aromatic heterocycles. The maximum absolute atomic E-state index is 11.3. The van der Waals surface area contributed by atoms with Gasteiger partial charge in [-0.1, -0.05) is 6.58 Å². The van der Waals surface area contributed by atoms with Crippen LogP contribution in [0.25, 0.3) is 0 Å². The molecule has 1 aliphatic carbocycles. The molecule has 1 aromatic carbocycles. The molecule has 0 unspecified atom stereocenters. The summed E-state index contributed by atoms with van der Waals surface area (Å²) in [6.07, 6.45) is 3.69. The zero-order chi connectivity index (χ0) is 13.9. The second-order valence-electron chi connectivity index (χ2n) is 4.94. The SMILES string of the molecule is C=C(CNC1CC1)COc1ccc(S(C)(=O)=O)cc1. The summed E-state index contributed by atoms with van der Waals surface area (Å²) >= 11 is 0. The zero-order valence-electron chi connectivity index (χ0n) is 11.1. The lowest BCUT2D eigenvalue weighted by Gasteiger charge is -2.09. The number of hydrogen-bond acceptors (Lipinski definition) is 4. The summed E-state index contributed by atoms with van der Waals surface area (Å²) in [5, 5.41) is 3.36. The monoisotopic (exact) mass is 281 g/mol. The maximum atomic E-state index is 11.3. The molecule has 0 spiro atoms.